The quantitative estimate of drug-likeness (QED) is 0.637. The van der Waals surface area contributed by atoms with E-state index >= 15 is 0 Å². The molecular formula is C9H5ClN4S2. The average Bonchev–Trinajstić information content (AvgIpc) is 2.87. The Morgan fingerprint density at radius 2 is 2.25 bits per heavy atom. The van der Waals surface area contributed by atoms with Gasteiger partial charge in [-0.05, 0) is 0 Å². The van der Waals surface area contributed by atoms with Crippen LogP contribution in [0.5, 0.6) is 0 Å². The van der Waals surface area contributed by atoms with Crippen molar-refractivity contribution >= 4 is 44.4 Å². The first-order chi connectivity index (χ1) is 7.83. The molecule has 0 N–H and O–H groups in total. The van der Waals surface area contributed by atoms with E-state index in [0.717, 1.165) is 10.4 Å². The van der Waals surface area contributed by atoms with E-state index in [1.54, 1.807) is 12.3 Å². The molecule has 3 aromatic rings. The predicted molar refractivity (Wildman–Crippen MR) is 65.4 cm³/mol. The Morgan fingerprint density at radius 3 is 3.06 bits per heavy atom. The van der Waals surface area contributed by atoms with E-state index < -0.39 is 0 Å². The van der Waals surface area contributed by atoms with Crippen LogP contribution in [0.1, 0.15) is 0 Å². The van der Waals surface area contributed by atoms with E-state index in [2.05, 4.69) is 15.0 Å². The van der Waals surface area contributed by atoms with Gasteiger partial charge in [0.15, 0.2) is 4.96 Å². The minimum Gasteiger partial charge on any atom is -0.276 e. The second-order valence-electron chi connectivity index (χ2n) is 2.92. The van der Waals surface area contributed by atoms with Gasteiger partial charge in [0.05, 0.1) is 0 Å². The zero-order chi connectivity index (χ0) is 11.0. The second-order valence-corrected chi connectivity index (χ2v) is 5.05. The number of hydrogen-bond acceptors (Lipinski definition) is 5. The number of fused-ring (bicyclic) bond motifs is 1. The molecule has 4 nitrogen and oxygen atoms in total. The Bertz CT molecular complexity index is 683. The minimum absolute atomic E-state index is 0.442. The van der Waals surface area contributed by atoms with Crippen molar-refractivity contribution in [1.82, 2.24) is 14.4 Å². The molecule has 0 saturated carbocycles. The van der Waals surface area contributed by atoms with Crippen LogP contribution >= 0.6 is 34.3 Å². The average molecular weight is 269 g/mol. The van der Waals surface area contributed by atoms with Crippen LogP contribution in [0.2, 0.25) is 5.15 Å². The van der Waals surface area contributed by atoms with E-state index in [9.17, 15) is 0 Å². The number of thiazole rings is 2. The summed E-state index contributed by atoms with van der Waals surface area (Å²) < 4.78 is 1.89. The van der Waals surface area contributed by atoms with Crippen LogP contribution in [-0.4, -0.2) is 14.4 Å². The third kappa shape index (κ3) is 1.75. The molecular weight excluding hydrogens is 264 g/mol. The van der Waals surface area contributed by atoms with Crippen molar-refractivity contribution in [3.63, 3.8) is 0 Å². The largest absolute Gasteiger partial charge is 0.276 e. The third-order valence-corrected chi connectivity index (χ3v) is 3.53. The van der Waals surface area contributed by atoms with Gasteiger partial charge in [0.2, 0.25) is 5.13 Å². The molecule has 0 bridgehead atoms. The molecule has 0 fully saturated rings. The maximum Gasteiger partial charge on any atom is 0.211 e. The van der Waals surface area contributed by atoms with Crippen molar-refractivity contribution in [1.29, 1.82) is 0 Å². The number of aromatic nitrogens is 3. The molecule has 3 heterocycles. The fourth-order valence-corrected chi connectivity index (χ4v) is 2.74. The van der Waals surface area contributed by atoms with Crippen molar-refractivity contribution < 1.29 is 0 Å². The SMILES string of the molecule is Clc1c/c(=N/c2nccs2)n2ccsc2n1. The van der Waals surface area contributed by atoms with Crippen LogP contribution in [0.15, 0.2) is 34.2 Å². The van der Waals surface area contributed by atoms with Crippen molar-refractivity contribution in [2.24, 2.45) is 4.99 Å². The Hall–Kier alpha value is -1.24. The van der Waals surface area contributed by atoms with E-state index in [4.69, 9.17) is 11.6 Å². The molecule has 0 radical (unpaired) electrons. The molecule has 0 aromatic carbocycles. The molecule has 3 aromatic heterocycles. The van der Waals surface area contributed by atoms with Gasteiger partial charge >= 0.3 is 0 Å². The summed E-state index contributed by atoms with van der Waals surface area (Å²) in [4.78, 5) is 13.5. The highest BCUT2D eigenvalue weighted by Gasteiger charge is 2.00. The van der Waals surface area contributed by atoms with Gasteiger partial charge < -0.3 is 0 Å². The lowest BCUT2D eigenvalue weighted by molar-refractivity contribution is 1.02. The van der Waals surface area contributed by atoms with E-state index in [1.807, 2.05) is 21.4 Å². The Balaban J connectivity index is 2.34. The fraction of sp³-hybridized carbons (Fsp3) is 0. The van der Waals surface area contributed by atoms with Gasteiger partial charge in [-0.2, -0.15) is 0 Å². The van der Waals surface area contributed by atoms with Gasteiger partial charge in [0.1, 0.15) is 10.6 Å². The molecule has 0 amide bonds. The lowest BCUT2D eigenvalue weighted by Gasteiger charge is -1.95. The lowest BCUT2D eigenvalue weighted by Crippen LogP contribution is -2.12. The van der Waals surface area contributed by atoms with Crippen LogP contribution in [-0.2, 0) is 0 Å². The molecule has 0 unspecified atom stereocenters. The molecule has 0 aliphatic heterocycles. The maximum atomic E-state index is 5.93. The number of nitrogens with zero attached hydrogens (tertiary/aromatic N) is 4. The van der Waals surface area contributed by atoms with Crippen molar-refractivity contribution in [2.75, 3.05) is 0 Å². The molecule has 0 saturated heterocycles. The van der Waals surface area contributed by atoms with Gasteiger partial charge in [-0.3, -0.25) is 4.40 Å². The van der Waals surface area contributed by atoms with Crippen LogP contribution in [0.4, 0.5) is 5.13 Å². The Morgan fingerprint density at radius 1 is 1.31 bits per heavy atom. The summed E-state index contributed by atoms with van der Waals surface area (Å²) in [6.07, 6.45) is 3.64. The molecule has 0 spiro atoms. The lowest BCUT2D eigenvalue weighted by atomic mass is 10.6. The first-order valence-corrected chi connectivity index (χ1v) is 6.53. The number of halogens is 1. The van der Waals surface area contributed by atoms with Crippen LogP contribution in [0.3, 0.4) is 0 Å². The summed E-state index contributed by atoms with van der Waals surface area (Å²) in [5.41, 5.74) is 0.742. The van der Waals surface area contributed by atoms with Gasteiger partial charge in [0.25, 0.3) is 0 Å². The predicted octanol–water partition coefficient (Wildman–Crippen LogP) is 2.74. The maximum absolute atomic E-state index is 5.93. The van der Waals surface area contributed by atoms with Gasteiger partial charge in [0, 0.05) is 29.2 Å². The molecule has 0 aliphatic carbocycles. The molecule has 3 rings (SSSR count). The summed E-state index contributed by atoms with van der Waals surface area (Å²) in [7, 11) is 0. The highest BCUT2D eigenvalue weighted by molar-refractivity contribution is 7.15. The van der Waals surface area contributed by atoms with Crippen molar-refractivity contribution in [2.45, 2.75) is 0 Å². The van der Waals surface area contributed by atoms with E-state index in [1.165, 1.54) is 22.7 Å². The van der Waals surface area contributed by atoms with Crippen LogP contribution in [0, 0.1) is 0 Å². The Kier molecular flexibility index (Phi) is 2.47. The Labute approximate surface area is 104 Å². The molecule has 0 atom stereocenters. The van der Waals surface area contributed by atoms with E-state index in [0.29, 0.717) is 10.3 Å². The van der Waals surface area contributed by atoms with Crippen LogP contribution < -0.4 is 5.49 Å². The van der Waals surface area contributed by atoms with Crippen molar-refractivity contribution in [3.8, 4) is 0 Å². The fourth-order valence-electron chi connectivity index (χ4n) is 1.28. The number of rotatable bonds is 1. The van der Waals surface area contributed by atoms with Gasteiger partial charge in [-0.25, -0.2) is 15.0 Å². The highest BCUT2D eigenvalue weighted by Crippen LogP contribution is 2.14. The topological polar surface area (TPSA) is 42.5 Å². The van der Waals surface area contributed by atoms with Crippen molar-refractivity contribution in [3.05, 3.63) is 39.9 Å². The number of hydrogen-bond donors (Lipinski definition) is 0. The van der Waals surface area contributed by atoms with E-state index in [-0.39, 0.29) is 0 Å². The minimum atomic E-state index is 0.442. The second kappa shape index (κ2) is 3.97. The normalized spacial score (nSPS) is 12.4. The molecule has 7 heteroatoms. The monoisotopic (exact) mass is 268 g/mol. The molecule has 80 valence electrons. The zero-order valence-corrected chi connectivity index (χ0v) is 10.3. The first-order valence-electron chi connectivity index (χ1n) is 4.39. The van der Waals surface area contributed by atoms with Gasteiger partial charge in [-0.1, -0.05) is 11.6 Å². The summed E-state index contributed by atoms with van der Waals surface area (Å²) in [5.74, 6) is 0. The standard InChI is InChI=1S/C9H5ClN4S2/c10-6-5-7(13-8-11-1-3-15-8)14-2-4-16-9(14)12-6/h1-5H/b13-7-. The zero-order valence-electron chi connectivity index (χ0n) is 7.87. The summed E-state index contributed by atoms with van der Waals surface area (Å²) in [6.45, 7) is 0. The molecule has 16 heavy (non-hydrogen) atoms. The van der Waals surface area contributed by atoms with Crippen LogP contribution in [0.25, 0.3) is 4.96 Å². The highest BCUT2D eigenvalue weighted by atomic mass is 35.5. The summed E-state index contributed by atoms with van der Waals surface area (Å²) >= 11 is 8.93. The third-order valence-electron chi connectivity index (χ3n) is 1.92. The smallest absolute Gasteiger partial charge is 0.211 e. The first kappa shape index (κ1) is 9.95. The van der Waals surface area contributed by atoms with Gasteiger partial charge in [-0.15, -0.1) is 22.7 Å². The summed E-state index contributed by atoms with van der Waals surface area (Å²) in [5, 5.41) is 4.98. The summed E-state index contributed by atoms with van der Waals surface area (Å²) in [6, 6.07) is 1.72. The molecule has 0 aliphatic rings.